The minimum atomic E-state index is -4.94. The molecule has 2 aromatic carbocycles. The standard InChI is InChI=1S/C21H23F3N2O2/c1-5-26(19(28)21(22,23)24)17-12-10-16(11-13-17)25-18(27)14-6-8-15(9-7-14)20(2,3)4/h6-13H,5H2,1-4H3,(H,25,27). The van der Waals surface area contributed by atoms with Gasteiger partial charge in [-0.15, -0.1) is 0 Å². The number of amides is 2. The van der Waals surface area contributed by atoms with Gasteiger partial charge in [0.25, 0.3) is 5.91 Å². The second-order valence-corrected chi connectivity index (χ2v) is 7.38. The topological polar surface area (TPSA) is 49.4 Å². The number of alkyl halides is 3. The van der Waals surface area contributed by atoms with Crippen LogP contribution in [0.3, 0.4) is 0 Å². The fourth-order valence-corrected chi connectivity index (χ4v) is 2.65. The van der Waals surface area contributed by atoms with Crippen molar-refractivity contribution in [2.45, 2.75) is 39.3 Å². The summed E-state index contributed by atoms with van der Waals surface area (Å²) in [6.45, 7) is 7.57. The van der Waals surface area contributed by atoms with Crippen LogP contribution in [-0.2, 0) is 10.2 Å². The molecule has 0 radical (unpaired) electrons. The SMILES string of the molecule is CCN(C(=O)C(F)(F)F)c1ccc(NC(=O)c2ccc(C(C)(C)C)cc2)cc1. The minimum Gasteiger partial charge on any atom is -0.322 e. The minimum absolute atomic E-state index is 0.0240. The Morgan fingerprint density at radius 3 is 1.89 bits per heavy atom. The van der Waals surface area contributed by atoms with E-state index in [0.717, 1.165) is 5.56 Å². The van der Waals surface area contributed by atoms with Crippen LogP contribution in [0.25, 0.3) is 0 Å². The number of halogens is 3. The zero-order valence-electron chi connectivity index (χ0n) is 16.2. The fraction of sp³-hybridized carbons (Fsp3) is 0.333. The number of nitrogens with zero attached hydrogens (tertiary/aromatic N) is 1. The van der Waals surface area contributed by atoms with Gasteiger partial charge in [-0.1, -0.05) is 32.9 Å². The highest BCUT2D eigenvalue weighted by Gasteiger charge is 2.42. The average molecular weight is 392 g/mol. The summed E-state index contributed by atoms with van der Waals surface area (Å²) in [5, 5.41) is 2.70. The zero-order valence-corrected chi connectivity index (χ0v) is 16.2. The monoisotopic (exact) mass is 392 g/mol. The molecule has 0 aliphatic heterocycles. The lowest BCUT2D eigenvalue weighted by Gasteiger charge is -2.22. The molecule has 0 atom stereocenters. The maximum absolute atomic E-state index is 12.7. The van der Waals surface area contributed by atoms with Gasteiger partial charge in [-0.3, -0.25) is 9.59 Å². The van der Waals surface area contributed by atoms with Crippen molar-refractivity contribution in [1.29, 1.82) is 0 Å². The van der Waals surface area contributed by atoms with Gasteiger partial charge in [0.2, 0.25) is 0 Å². The number of hydrogen-bond donors (Lipinski definition) is 1. The van der Waals surface area contributed by atoms with Crippen molar-refractivity contribution in [2.75, 3.05) is 16.8 Å². The summed E-state index contributed by atoms with van der Waals surface area (Å²) < 4.78 is 38.0. The number of benzene rings is 2. The largest absolute Gasteiger partial charge is 0.471 e. The molecule has 0 aromatic heterocycles. The molecule has 4 nitrogen and oxygen atoms in total. The second-order valence-electron chi connectivity index (χ2n) is 7.38. The summed E-state index contributed by atoms with van der Waals surface area (Å²) >= 11 is 0. The summed E-state index contributed by atoms with van der Waals surface area (Å²) in [4.78, 5) is 24.5. The van der Waals surface area contributed by atoms with Gasteiger partial charge in [0, 0.05) is 23.5 Å². The first-order valence-electron chi connectivity index (χ1n) is 8.84. The third-order valence-electron chi connectivity index (χ3n) is 4.25. The predicted molar refractivity (Wildman–Crippen MR) is 104 cm³/mol. The molecular weight excluding hydrogens is 369 g/mol. The van der Waals surface area contributed by atoms with Crippen LogP contribution in [0.1, 0.15) is 43.6 Å². The Balaban J connectivity index is 2.11. The number of carbonyl (C=O) groups excluding carboxylic acids is 2. The van der Waals surface area contributed by atoms with Gasteiger partial charge >= 0.3 is 12.1 Å². The Labute approximate surface area is 162 Å². The van der Waals surface area contributed by atoms with Crippen LogP contribution in [-0.4, -0.2) is 24.5 Å². The van der Waals surface area contributed by atoms with Crippen molar-refractivity contribution in [3.63, 3.8) is 0 Å². The van der Waals surface area contributed by atoms with Crippen LogP contribution in [0.5, 0.6) is 0 Å². The lowest BCUT2D eigenvalue weighted by atomic mass is 9.87. The molecule has 28 heavy (non-hydrogen) atoms. The van der Waals surface area contributed by atoms with Crippen molar-refractivity contribution in [1.82, 2.24) is 0 Å². The third kappa shape index (κ3) is 5.12. The second kappa shape index (κ2) is 8.04. The molecular formula is C21H23F3N2O2. The van der Waals surface area contributed by atoms with Crippen LogP contribution in [0.2, 0.25) is 0 Å². The van der Waals surface area contributed by atoms with Crippen molar-refractivity contribution in [2.24, 2.45) is 0 Å². The maximum Gasteiger partial charge on any atom is 0.471 e. The van der Waals surface area contributed by atoms with Gasteiger partial charge in [-0.2, -0.15) is 13.2 Å². The number of rotatable bonds is 4. The zero-order chi connectivity index (χ0) is 21.1. The maximum atomic E-state index is 12.7. The Hall–Kier alpha value is -2.83. The van der Waals surface area contributed by atoms with Gasteiger partial charge in [-0.05, 0) is 54.3 Å². The average Bonchev–Trinajstić information content (AvgIpc) is 2.62. The molecule has 0 spiro atoms. The molecule has 2 amide bonds. The van der Waals surface area contributed by atoms with Crippen molar-refractivity contribution >= 4 is 23.2 Å². The third-order valence-corrected chi connectivity index (χ3v) is 4.25. The van der Waals surface area contributed by atoms with E-state index in [-0.39, 0.29) is 23.6 Å². The Bertz CT molecular complexity index is 836. The smallest absolute Gasteiger partial charge is 0.322 e. The molecule has 0 aliphatic rings. The van der Waals surface area contributed by atoms with E-state index in [0.29, 0.717) is 16.2 Å². The van der Waals surface area contributed by atoms with Crippen LogP contribution in [0.4, 0.5) is 24.5 Å². The first-order chi connectivity index (χ1) is 12.9. The predicted octanol–water partition coefficient (Wildman–Crippen LogP) is 5.15. The van der Waals surface area contributed by atoms with Gasteiger partial charge < -0.3 is 10.2 Å². The summed E-state index contributed by atoms with van der Waals surface area (Å²) in [6, 6.07) is 12.9. The Morgan fingerprint density at radius 1 is 0.929 bits per heavy atom. The van der Waals surface area contributed by atoms with Crippen LogP contribution >= 0.6 is 0 Å². The number of carbonyl (C=O) groups is 2. The number of hydrogen-bond acceptors (Lipinski definition) is 2. The van der Waals surface area contributed by atoms with E-state index in [2.05, 4.69) is 26.1 Å². The summed E-state index contributed by atoms with van der Waals surface area (Å²) in [7, 11) is 0. The summed E-state index contributed by atoms with van der Waals surface area (Å²) in [5.41, 5.74) is 2.08. The molecule has 2 rings (SSSR count). The van der Waals surface area contributed by atoms with Gasteiger partial charge in [-0.25, -0.2) is 0 Å². The molecule has 0 fully saturated rings. The molecule has 0 saturated carbocycles. The number of anilines is 2. The molecule has 0 unspecified atom stereocenters. The van der Waals surface area contributed by atoms with Gasteiger partial charge in [0.15, 0.2) is 0 Å². The van der Waals surface area contributed by atoms with E-state index in [9.17, 15) is 22.8 Å². The van der Waals surface area contributed by atoms with E-state index in [1.54, 1.807) is 12.1 Å². The molecule has 150 valence electrons. The van der Waals surface area contributed by atoms with E-state index < -0.39 is 12.1 Å². The highest BCUT2D eigenvalue weighted by Crippen LogP contribution is 2.25. The van der Waals surface area contributed by atoms with E-state index in [4.69, 9.17) is 0 Å². The molecule has 2 aromatic rings. The molecule has 0 bridgehead atoms. The fourth-order valence-electron chi connectivity index (χ4n) is 2.65. The molecule has 0 heterocycles. The molecule has 7 heteroatoms. The van der Waals surface area contributed by atoms with E-state index in [1.165, 1.54) is 31.2 Å². The summed E-state index contributed by atoms with van der Waals surface area (Å²) in [6.07, 6.45) is -4.94. The van der Waals surface area contributed by atoms with E-state index >= 15 is 0 Å². The molecule has 0 saturated heterocycles. The van der Waals surface area contributed by atoms with Crippen LogP contribution in [0.15, 0.2) is 48.5 Å². The van der Waals surface area contributed by atoms with Crippen LogP contribution in [0, 0.1) is 0 Å². The van der Waals surface area contributed by atoms with Crippen molar-refractivity contribution in [3.05, 3.63) is 59.7 Å². The lowest BCUT2D eigenvalue weighted by molar-refractivity contribution is -0.170. The Morgan fingerprint density at radius 2 is 1.46 bits per heavy atom. The number of nitrogens with one attached hydrogen (secondary N) is 1. The lowest BCUT2D eigenvalue weighted by Crippen LogP contribution is -2.41. The first-order valence-corrected chi connectivity index (χ1v) is 8.84. The van der Waals surface area contributed by atoms with Crippen molar-refractivity contribution < 1.29 is 22.8 Å². The summed E-state index contributed by atoms with van der Waals surface area (Å²) in [5.74, 6) is -2.25. The molecule has 1 N–H and O–H groups in total. The highest BCUT2D eigenvalue weighted by molar-refractivity contribution is 6.04. The van der Waals surface area contributed by atoms with Crippen molar-refractivity contribution in [3.8, 4) is 0 Å². The first kappa shape index (κ1) is 21.5. The molecule has 0 aliphatic carbocycles. The van der Waals surface area contributed by atoms with Gasteiger partial charge in [0.05, 0.1) is 0 Å². The quantitative estimate of drug-likeness (QED) is 0.782. The Kier molecular flexibility index (Phi) is 6.17. The van der Waals surface area contributed by atoms with Gasteiger partial charge in [0.1, 0.15) is 0 Å². The van der Waals surface area contributed by atoms with Crippen LogP contribution < -0.4 is 10.2 Å². The van der Waals surface area contributed by atoms with E-state index in [1.807, 2.05) is 12.1 Å². The highest BCUT2D eigenvalue weighted by atomic mass is 19.4. The normalized spacial score (nSPS) is 11.8.